The van der Waals surface area contributed by atoms with E-state index in [0.29, 0.717) is 5.46 Å². The van der Waals surface area contributed by atoms with Crippen molar-refractivity contribution in [1.82, 2.24) is 4.98 Å². The maximum absolute atomic E-state index is 13.3. The number of hydrogen-bond acceptors (Lipinski definition) is 5. The van der Waals surface area contributed by atoms with E-state index in [1.807, 2.05) is 27.7 Å². The van der Waals surface area contributed by atoms with Crippen LogP contribution in [0.25, 0.3) is 0 Å². The van der Waals surface area contributed by atoms with Crippen molar-refractivity contribution in [2.45, 2.75) is 51.0 Å². The molecule has 3 rings (SSSR count). The van der Waals surface area contributed by atoms with Gasteiger partial charge in [0.25, 0.3) is 0 Å². The lowest BCUT2D eigenvalue weighted by atomic mass is 9.78. The predicted molar refractivity (Wildman–Crippen MR) is 84.5 cm³/mol. The van der Waals surface area contributed by atoms with Crippen LogP contribution in [0.1, 0.15) is 45.0 Å². The van der Waals surface area contributed by atoms with Crippen molar-refractivity contribution in [3.05, 3.63) is 23.5 Å². The SMILES string of the molecule is CC1(C)OB(c2cc(C3COCOC3)nc(C(F)(F)F)c2)OC1(C)C. The van der Waals surface area contributed by atoms with Crippen LogP contribution >= 0.6 is 0 Å². The number of nitrogens with zero attached hydrogens (tertiary/aromatic N) is 1. The van der Waals surface area contributed by atoms with Gasteiger partial charge in [-0.3, -0.25) is 0 Å². The number of hydrogen-bond donors (Lipinski definition) is 0. The van der Waals surface area contributed by atoms with Crippen molar-refractivity contribution in [3.8, 4) is 0 Å². The Kier molecular flexibility index (Phi) is 4.64. The molecule has 2 aliphatic rings. The smallest absolute Gasteiger partial charge is 0.399 e. The van der Waals surface area contributed by atoms with Crippen molar-refractivity contribution in [2.24, 2.45) is 0 Å². The van der Waals surface area contributed by atoms with Crippen LogP contribution in [0, 0.1) is 0 Å². The van der Waals surface area contributed by atoms with Crippen LogP contribution in [-0.4, -0.2) is 43.3 Å². The first-order valence-corrected chi connectivity index (χ1v) is 8.10. The first-order chi connectivity index (χ1) is 11.5. The molecule has 25 heavy (non-hydrogen) atoms. The number of rotatable bonds is 2. The van der Waals surface area contributed by atoms with E-state index in [-0.39, 0.29) is 31.6 Å². The first-order valence-electron chi connectivity index (χ1n) is 8.10. The highest BCUT2D eigenvalue weighted by molar-refractivity contribution is 6.62. The van der Waals surface area contributed by atoms with Crippen molar-refractivity contribution in [1.29, 1.82) is 0 Å². The van der Waals surface area contributed by atoms with Crippen LogP contribution in [0.5, 0.6) is 0 Å². The van der Waals surface area contributed by atoms with Crippen molar-refractivity contribution >= 4 is 12.6 Å². The maximum atomic E-state index is 13.3. The molecule has 0 aliphatic carbocycles. The molecule has 0 N–H and O–H groups in total. The quantitative estimate of drug-likeness (QED) is 0.760. The Bertz CT molecular complexity index is 629. The third-order valence-electron chi connectivity index (χ3n) is 4.91. The van der Waals surface area contributed by atoms with Gasteiger partial charge in [0.2, 0.25) is 0 Å². The summed E-state index contributed by atoms with van der Waals surface area (Å²) in [6.07, 6.45) is -4.56. The Balaban J connectivity index is 1.98. The lowest BCUT2D eigenvalue weighted by Crippen LogP contribution is -2.41. The molecule has 2 saturated heterocycles. The summed E-state index contributed by atoms with van der Waals surface area (Å²) in [5.74, 6) is -0.364. The average Bonchev–Trinajstić information content (AvgIpc) is 2.75. The zero-order chi connectivity index (χ0) is 18.5. The topological polar surface area (TPSA) is 49.8 Å². The van der Waals surface area contributed by atoms with Crippen LogP contribution in [-0.2, 0) is 25.0 Å². The Morgan fingerprint density at radius 1 is 1.04 bits per heavy atom. The number of ether oxygens (including phenoxy) is 2. The van der Waals surface area contributed by atoms with Gasteiger partial charge in [-0.05, 0) is 45.3 Å². The van der Waals surface area contributed by atoms with Crippen molar-refractivity contribution in [2.75, 3.05) is 20.0 Å². The van der Waals surface area contributed by atoms with Gasteiger partial charge in [0, 0.05) is 11.6 Å². The van der Waals surface area contributed by atoms with E-state index in [1.54, 1.807) is 6.07 Å². The number of halogens is 3. The van der Waals surface area contributed by atoms with Gasteiger partial charge in [-0.15, -0.1) is 0 Å². The molecule has 0 radical (unpaired) electrons. The molecule has 0 saturated carbocycles. The van der Waals surface area contributed by atoms with Gasteiger partial charge < -0.3 is 18.8 Å². The molecule has 2 fully saturated rings. The fraction of sp³-hybridized carbons (Fsp3) is 0.688. The van der Waals surface area contributed by atoms with E-state index in [0.717, 1.165) is 6.07 Å². The third kappa shape index (κ3) is 3.69. The highest BCUT2D eigenvalue weighted by Gasteiger charge is 2.52. The van der Waals surface area contributed by atoms with E-state index < -0.39 is 30.2 Å². The molecule has 0 atom stereocenters. The van der Waals surface area contributed by atoms with Crippen molar-refractivity contribution in [3.63, 3.8) is 0 Å². The van der Waals surface area contributed by atoms with Crippen LogP contribution < -0.4 is 5.46 Å². The van der Waals surface area contributed by atoms with E-state index in [1.165, 1.54) is 0 Å². The normalized spacial score (nSPS) is 23.9. The molecule has 0 amide bonds. The number of aromatic nitrogens is 1. The molecule has 0 spiro atoms. The summed E-state index contributed by atoms with van der Waals surface area (Å²) < 4.78 is 62.0. The Morgan fingerprint density at radius 3 is 2.12 bits per heavy atom. The zero-order valence-electron chi connectivity index (χ0n) is 14.6. The highest BCUT2D eigenvalue weighted by Crippen LogP contribution is 2.37. The zero-order valence-corrected chi connectivity index (χ0v) is 14.6. The number of pyridine rings is 1. The van der Waals surface area contributed by atoms with E-state index in [9.17, 15) is 13.2 Å². The second-order valence-corrected chi connectivity index (χ2v) is 7.35. The van der Waals surface area contributed by atoms with Crippen LogP contribution in [0.4, 0.5) is 13.2 Å². The van der Waals surface area contributed by atoms with Crippen molar-refractivity contribution < 1.29 is 32.0 Å². The molecule has 5 nitrogen and oxygen atoms in total. The lowest BCUT2D eigenvalue weighted by Gasteiger charge is -2.32. The summed E-state index contributed by atoms with van der Waals surface area (Å²) in [7, 11) is -0.890. The molecule has 9 heteroatoms. The van der Waals surface area contributed by atoms with Gasteiger partial charge >= 0.3 is 13.3 Å². The number of alkyl halides is 3. The Labute approximate surface area is 144 Å². The minimum Gasteiger partial charge on any atom is -0.399 e. The van der Waals surface area contributed by atoms with Gasteiger partial charge in [-0.2, -0.15) is 13.2 Å². The second-order valence-electron chi connectivity index (χ2n) is 7.35. The van der Waals surface area contributed by atoms with E-state index >= 15 is 0 Å². The molecule has 138 valence electrons. The molecule has 0 aromatic carbocycles. The Morgan fingerprint density at radius 2 is 1.60 bits per heavy atom. The Hall–Kier alpha value is -1.16. The minimum atomic E-state index is -4.56. The monoisotopic (exact) mass is 359 g/mol. The summed E-state index contributed by atoms with van der Waals surface area (Å²) in [5, 5.41) is 0. The lowest BCUT2D eigenvalue weighted by molar-refractivity contribution is -0.141. The summed E-state index contributed by atoms with van der Waals surface area (Å²) >= 11 is 0. The fourth-order valence-corrected chi connectivity index (χ4v) is 2.70. The van der Waals surface area contributed by atoms with Crippen LogP contribution in [0.15, 0.2) is 12.1 Å². The summed E-state index contributed by atoms with van der Waals surface area (Å²) in [6, 6.07) is 2.57. The molecule has 1 aromatic rings. The van der Waals surface area contributed by atoms with Gasteiger partial charge in [-0.1, -0.05) is 0 Å². The second kappa shape index (κ2) is 6.23. The minimum absolute atomic E-state index is 0.138. The highest BCUT2D eigenvalue weighted by atomic mass is 19.4. The molecule has 1 aromatic heterocycles. The molecule has 3 heterocycles. The predicted octanol–water partition coefficient (Wildman–Crippen LogP) is 2.49. The standard InChI is InChI=1S/C16H21BF3NO4/c1-14(2)15(3,4)25-17(24-14)11-5-12(10-7-22-9-23-8-10)21-13(6-11)16(18,19)20/h5-6,10H,7-9H2,1-4H3. The average molecular weight is 359 g/mol. The fourth-order valence-electron chi connectivity index (χ4n) is 2.70. The van der Waals surface area contributed by atoms with Gasteiger partial charge in [0.05, 0.1) is 24.4 Å². The maximum Gasteiger partial charge on any atom is 0.494 e. The van der Waals surface area contributed by atoms with Gasteiger partial charge in [0.15, 0.2) is 0 Å². The first kappa shape index (κ1) is 18.6. The molecule has 0 unspecified atom stereocenters. The molecular weight excluding hydrogens is 338 g/mol. The molecule has 0 bridgehead atoms. The van der Waals surface area contributed by atoms with E-state index in [4.69, 9.17) is 18.8 Å². The summed E-state index contributed by atoms with van der Waals surface area (Å²) in [6.45, 7) is 8.06. The van der Waals surface area contributed by atoms with Crippen LogP contribution in [0.2, 0.25) is 0 Å². The summed E-state index contributed by atoms with van der Waals surface area (Å²) in [4.78, 5) is 3.78. The molecular formula is C16H21BF3NO4. The van der Waals surface area contributed by atoms with Gasteiger partial charge in [0.1, 0.15) is 12.5 Å². The van der Waals surface area contributed by atoms with Gasteiger partial charge in [-0.25, -0.2) is 4.98 Å². The third-order valence-corrected chi connectivity index (χ3v) is 4.91. The summed E-state index contributed by atoms with van der Waals surface area (Å²) in [5.41, 5.74) is -1.70. The largest absolute Gasteiger partial charge is 0.494 e. The van der Waals surface area contributed by atoms with Crippen LogP contribution in [0.3, 0.4) is 0 Å². The van der Waals surface area contributed by atoms with E-state index in [2.05, 4.69) is 4.98 Å². The molecule has 2 aliphatic heterocycles.